The molecule has 0 unspecified atom stereocenters. The highest BCUT2D eigenvalue weighted by Gasteiger charge is 2.23. The fourth-order valence-corrected chi connectivity index (χ4v) is 3.42. The van der Waals surface area contributed by atoms with Crippen molar-refractivity contribution in [2.45, 2.75) is 19.3 Å². The third-order valence-corrected chi connectivity index (χ3v) is 4.68. The van der Waals surface area contributed by atoms with Crippen molar-refractivity contribution < 1.29 is 4.79 Å². The maximum Gasteiger partial charge on any atom is 0.217 e. The molecule has 3 rings (SSSR count). The van der Waals surface area contributed by atoms with Crippen molar-refractivity contribution >= 4 is 22.4 Å². The summed E-state index contributed by atoms with van der Waals surface area (Å²) in [6.07, 6.45) is 4.19. The van der Waals surface area contributed by atoms with Crippen LogP contribution in [0.3, 0.4) is 0 Å². The molecule has 2 N–H and O–H groups in total. The van der Waals surface area contributed by atoms with Crippen molar-refractivity contribution in [1.29, 1.82) is 0 Å². The minimum Gasteiger partial charge on any atom is -0.370 e. The summed E-state index contributed by atoms with van der Waals surface area (Å²) in [4.78, 5) is 17.5. The van der Waals surface area contributed by atoms with E-state index in [2.05, 4.69) is 20.1 Å². The summed E-state index contributed by atoms with van der Waals surface area (Å²) < 4.78 is 0. The van der Waals surface area contributed by atoms with Gasteiger partial charge in [0.2, 0.25) is 11.0 Å². The number of pyridine rings is 1. The van der Waals surface area contributed by atoms with E-state index < -0.39 is 0 Å². The van der Waals surface area contributed by atoms with Crippen LogP contribution in [0.25, 0.3) is 10.7 Å². The van der Waals surface area contributed by atoms with E-state index in [1.54, 1.807) is 17.5 Å². The number of rotatable bonds is 4. The molecule has 0 radical (unpaired) electrons. The van der Waals surface area contributed by atoms with Crippen molar-refractivity contribution in [1.82, 2.24) is 15.2 Å². The van der Waals surface area contributed by atoms with Gasteiger partial charge in [0.05, 0.1) is 0 Å². The first-order chi connectivity index (χ1) is 10.2. The van der Waals surface area contributed by atoms with Crippen LogP contribution in [0, 0.1) is 5.92 Å². The zero-order valence-corrected chi connectivity index (χ0v) is 12.4. The van der Waals surface area contributed by atoms with Crippen molar-refractivity contribution in [2.75, 3.05) is 18.0 Å². The lowest BCUT2D eigenvalue weighted by Gasteiger charge is -2.30. The molecule has 0 bridgehead atoms. The fourth-order valence-electron chi connectivity index (χ4n) is 2.55. The van der Waals surface area contributed by atoms with Crippen LogP contribution in [0.4, 0.5) is 5.13 Å². The number of aromatic nitrogens is 3. The number of carbonyl (C=O) groups excluding carboxylic acids is 1. The van der Waals surface area contributed by atoms with Gasteiger partial charge in [-0.2, -0.15) is 0 Å². The summed E-state index contributed by atoms with van der Waals surface area (Å²) >= 11 is 1.56. The largest absolute Gasteiger partial charge is 0.370 e. The van der Waals surface area contributed by atoms with Crippen LogP contribution in [0.1, 0.15) is 19.3 Å². The molecule has 1 amide bonds. The monoisotopic (exact) mass is 303 g/mol. The van der Waals surface area contributed by atoms with E-state index in [1.807, 2.05) is 18.2 Å². The molecule has 0 saturated carbocycles. The Kier molecular flexibility index (Phi) is 4.10. The molecule has 0 aliphatic carbocycles. The molecule has 6 nitrogen and oxygen atoms in total. The molecule has 0 aromatic carbocycles. The normalized spacial score (nSPS) is 16.1. The molecule has 1 saturated heterocycles. The van der Waals surface area contributed by atoms with Gasteiger partial charge in [0.15, 0.2) is 5.01 Å². The number of nitrogens with two attached hydrogens (primary N) is 1. The predicted molar refractivity (Wildman–Crippen MR) is 81.9 cm³/mol. The van der Waals surface area contributed by atoms with E-state index in [0.29, 0.717) is 12.3 Å². The second kappa shape index (κ2) is 6.17. The molecule has 0 spiro atoms. The molecule has 1 aliphatic heterocycles. The first-order valence-electron chi connectivity index (χ1n) is 7.00. The molecule has 2 aromatic heterocycles. The number of anilines is 1. The summed E-state index contributed by atoms with van der Waals surface area (Å²) in [5, 5.41) is 10.2. The molecule has 2 aromatic rings. The fraction of sp³-hybridized carbons (Fsp3) is 0.429. The number of primary amides is 1. The lowest BCUT2D eigenvalue weighted by molar-refractivity contribution is -0.119. The zero-order chi connectivity index (χ0) is 14.7. The van der Waals surface area contributed by atoms with Gasteiger partial charge in [-0.15, -0.1) is 10.2 Å². The van der Waals surface area contributed by atoms with Crippen LogP contribution < -0.4 is 10.6 Å². The van der Waals surface area contributed by atoms with Crippen LogP contribution >= 0.6 is 11.3 Å². The van der Waals surface area contributed by atoms with E-state index in [1.165, 1.54) is 0 Å². The van der Waals surface area contributed by atoms with E-state index in [4.69, 9.17) is 5.73 Å². The number of hydrogen-bond donors (Lipinski definition) is 1. The maximum absolute atomic E-state index is 11.0. The van der Waals surface area contributed by atoms with Crippen LogP contribution in [0.15, 0.2) is 24.4 Å². The number of nitrogens with zero attached hydrogens (tertiary/aromatic N) is 4. The molecular weight excluding hydrogens is 286 g/mol. The zero-order valence-electron chi connectivity index (χ0n) is 11.6. The minimum absolute atomic E-state index is 0.207. The highest BCUT2D eigenvalue weighted by Crippen LogP contribution is 2.30. The molecule has 7 heteroatoms. The smallest absolute Gasteiger partial charge is 0.217 e. The van der Waals surface area contributed by atoms with Crippen LogP contribution in [0.2, 0.25) is 0 Å². The van der Waals surface area contributed by atoms with Crippen molar-refractivity contribution in [3.05, 3.63) is 24.4 Å². The Hall–Kier alpha value is -2.02. The molecule has 21 heavy (non-hydrogen) atoms. The van der Waals surface area contributed by atoms with Gasteiger partial charge in [-0.1, -0.05) is 17.4 Å². The molecule has 0 atom stereocenters. The summed E-state index contributed by atoms with van der Waals surface area (Å²) in [7, 11) is 0. The van der Waals surface area contributed by atoms with Gasteiger partial charge in [-0.05, 0) is 30.9 Å². The second-order valence-corrected chi connectivity index (χ2v) is 6.16. The maximum atomic E-state index is 11.0. The molecular formula is C14H17N5OS. The molecule has 3 heterocycles. The third-order valence-electron chi connectivity index (χ3n) is 3.67. The summed E-state index contributed by atoms with van der Waals surface area (Å²) in [5.41, 5.74) is 6.11. The average Bonchev–Trinajstić information content (AvgIpc) is 2.98. The Balaban J connectivity index is 1.64. The van der Waals surface area contributed by atoms with E-state index >= 15 is 0 Å². The SMILES string of the molecule is NC(=O)CC1CCN(c2nnc(-c3ccccn3)s2)CC1. The summed E-state index contributed by atoms with van der Waals surface area (Å²) in [6.45, 7) is 1.80. The van der Waals surface area contributed by atoms with E-state index in [0.717, 1.165) is 41.8 Å². The van der Waals surface area contributed by atoms with Gasteiger partial charge in [-0.25, -0.2) is 0 Å². The van der Waals surface area contributed by atoms with Gasteiger partial charge >= 0.3 is 0 Å². The summed E-state index contributed by atoms with van der Waals surface area (Å²) in [5.74, 6) is 0.198. The van der Waals surface area contributed by atoms with E-state index in [9.17, 15) is 4.79 Å². The Bertz CT molecular complexity index is 607. The van der Waals surface area contributed by atoms with Gasteiger partial charge < -0.3 is 10.6 Å². The molecule has 1 aliphatic rings. The average molecular weight is 303 g/mol. The van der Waals surface area contributed by atoms with E-state index in [-0.39, 0.29) is 5.91 Å². The summed E-state index contributed by atoms with van der Waals surface area (Å²) in [6, 6.07) is 5.76. The predicted octanol–water partition coefficient (Wildman–Crippen LogP) is 1.69. The first kappa shape index (κ1) is 13.9. The lowest BCUT2D eigenvalue weighted by atomic mass is 9.94. The minimum atomic E-state index is -0.207. The van der Waals surface area contributed by atoms with Crippen molar-refractivity contribution in [3.8, 4) is 10.7 Å². The Morgan fingerprint density at radius 3 is 2.81 bits per heavy atom. The van der Waals surface area contributed by atoms with Gasteiger partial charge in [0.25, 0.3) is 0 Å². The Morgan fingerprint density at radius 1 is 1.33 bits per heavy atom. The van der Waals surface area contributed by atoms with Crippen LogP contribution in [-0.2, 0) is 4.79 Å². The topological polar surface area (TPSA) is 85.0 Å². The number of amides is 1. The highest BCUT2D eigenvalue weighted by atomic mass is 32.1. The standard InChI is InChI=1S/C14H17N5OS/c15-12(20)9-10-4-7-19(8-5-10)14-18-17-13(21-14)11-3-1-2-6-16-11/h1-3,6,10H,4-5,7-9H2,(H2,15,20). The highest BCUT2D eigenvalue weighted by molar-refractivity contribution is 7.18. The lowest BCUT2D eigenvalue weighted by Crippen LogP contribution is -2.35. The van der Waals surface area contributed by atoms with Gasteiger partial charge in [0.1, 0.15) is 5.69 Å². The van der Waals surface area contributed by atoms with Crippen molar-refractivity contribution in [2.24, 2.45) is 11.7 Å². The molecule has 1 fully saturated rings. The molecule has 110 valence electrons. The second-order valence-electron chi connectivity index (χ2n) is 5.21. The quantitative estimate of drug-likeness (QED) is 0.929. The van der Waals surface area contributed by atoms with Crippen LogP contribution in [0.5, 0.6) is 0 Å². The van der Waals surface area contributed by atoms with Crippen LogP contribution in [-0.4, -0.2) is 34.2 Å². The first-order valence-corrected chi connectivity index (χ1v) is 7.82. The van der Waals surface area contributed by atoms with Gasteiger partial charge in [-0.3, -0.25) is 9.78 Å². The number of piperidine rings is 1. The third kappa shape index (κ3) is 3.36. The number of carbonyl (C=O) groups is 1. The van der Waals surface area contributed by atoms with Crippen molar-refractivity contribution in [3.63, 3.8) is 0 Å². The number of hydrogen-bond acceptors (Lipinski definition) is 6. The Labute approximate surface area is 127 Å². The van der Waals surface area contributed by atoms with Gasteiger partial charge in [0, 0.05) is 25.7 Å². The Morgan fingerprint density at radius 2 is 2.14 bits per heavy atom.